The Labute approximate surface area is 113 Å². The number of rotatable bonds is 3. The lowest BCUT2D eigenvalue weighted by atomic mass is 10.2. The molecule has 90 valence electrons. The Hall–Kier alpha value is -1.65. The number of thiazole rings is 1. The van der Waals surface area contributed by atoms with Crippen LogP contribution in [0.2, 0.25) is 5.02 Å². The van der Waals surface area contributed by atoms with Crippen LogP contribution in [0.3, 0.4) is 0 Å². The SMILES string of the molecule is Clc1ccc(NCc2cscn2)c2ncccc12. The van der Waals surface area contributed by atoms with Gasteiger partial charge in [-0.3, -0.25) is 4.98 Å². The third-order valence-electron chi connectivity index (χ3n) is 2.66. The van der Waals surface area contributed by atoms with Crippen molar-refractivity contribution in [3.8, 4) is 0 Å². The molecule has 0 aliphatic rings. The zero-order valence-electron chi connectivity index (χ0n) is 9.43. The van der Waals surface area contributed by atoms with Crippen LogP contribution in [0.25, 0.3) is 10.9 Å². The predicted molar refractivity (Wildman–Crippen MR) is 76.2 cm³/mol. The Bertz CT molecular complexity index is 667. The van der Waals surface area contributed by atoms with E-state index >= 15 is 0 Å². The fourth-order valence-corrected chi connectivity index (χ4v) is 2.57. The minimum atomic E-state index is 0.691. The van der Waals surface area contributed by atoms with E-state index in [1.54, 1.807) is 17.5 Å². The predicted octanol–water partition coefficient (Wildman–Crippen LogP) is 3.96. The molecule has 1 aromatic carbocycles. The summed E-state index contributed by atoms with van der Waals surface area (Å²) in [6.07, 6.45) is 1.77. The van der Waals surface area contributed by atoms with Crippen LogP contribution in [0, 0.1) is 0 Å². The second kappa shape index (κ2) is 4.92. The maximum absolute atomic E-state index is 6.15. The first kappa shape index (κ1) is 11.4. The molecule has 2 heterocycles. The molecule has 0 fully saturated rings. The van der Waals surface area contributed by atoms with Gasteiger partial charge in [0.2, 0.25) is 0 Å². The van der Waals surface area contributed by atoms with E-state index in [1.165, 1.54) is 0 Å². The molecule has 0 saturated heterocycles. The fraction of sp³-hybridized carbons (Fsp3) is 0.0769. The molecule has 0 amide bonds. The van der Waals surface area contributed by atoms with Crippen LogP contribution in [-0.4, -0.2) is 9.97 Å². The lowest BCUT2D eigenvalue weighted by Gasteiger charge is -2.08. The number of benzene rings is 1. The molecular weight excluding hydrogens is 266 g/mol. The van der Waals surface area contributed by atoms with Gasteiger partial charge in [0.15, 0.2) is 0 Å². The number of hydrogen-bond donors (Lipinski definition) is 1. The van der Waals surface area contributed by atoms with Gasteiger partial charge in [0, 0.05) is 17.0 Å². The van der Waals surface area contributed by atoms with Crippen LogP contribution in [0.4, 0.5) is 5.69 Å². The van der Waals surface area contributed by atoms with Crippen LogP contribution in [0.15, 0.2) is 41.4 Å². The van der Waals surface area contributed by atoms with E-state index in [9.17, 15) is 0 Å². The average molecular weight is 276 g/mol. The normalized spacial score (nSPS) is 10.7. The topological polar surface area (TPSA) is 37.8 Å². The zero-order chi connectivity index (χ0) is 12.4. The molecule has 3 nitrogen and oxygen atoms in total. The maximum Gasteiger partial charge on any atom is 0.0948 e. The molecule has 0 spiro atoms. The third kappa shape index (κ3) is 2.17. The number of nitrogens with one attached hydrogen (secondary N) is 1. The van der Waals surface area contributed by atoms with Gasteiger partial charge in [0.05, 0.1) is 34.0 Å². The summed E-state index contributed by atoms with van der Waals surface area (Å²) in [4.78, 5) is 8.62. The van der Waals surface area contributed by atoms with Crippen molar-refractivity contribution in [2.24, 2.45) is 0 Å². The first-order valence-corrected chi connectivity index (χ1v) is 6.81. The van der Waals surface area contributed by atoms with E-state index in [0.29, 0.717) is 6.54 Å². The quantitative estimate of drug-likeness (QED) is 0.786. The van der Waals surface area contributed by atoms with Crippen molar-refractivity contribution in [3.05, 3.63) is 52.1 Å². The number of nitrogens with zero attached hydrogens (tertiary/aromatic N) is 2. The number of hydrogen-bond acceptors (Lipinski definition) is 4. The van der Waals surface area contributed by atoms with Crippen LogP contribution in [-0.2, 0) is 6.54 Å². The molecule has 0 unspecified atom stereocenters. The van der Waals surface area contributed by atoms with E-state index in [0.717, 1.165) is 27.3 Å². The number of anilines is 1. The van der Waals surface area contributed by atoms with Crippen LogP contribution >= 0.6 is 22.9 Å². The molecule has 18 heavy (non-hydrogen) atoms. The first-order valence-electron chi connectivity index (χ1n) is 5.49. The number of fused-ring (bicyclic) bond motifs is 1. The monoisotopic (exact) mass is 275 g/mol. The summed E-state index contributed by atoms with van der Waals surface area (Å²) < 4.78 is 0. The Kier molecular flexibility index (Phi) is 3.13. The van der Waals surface area contributed by atoms with Crippen LogP contribution < -0.4 is 5.32 Å². The van der Waals surface area contributed by atoms with Gasteiger partial charge >= 0.3 is 0 Å². The van der Waals surface area contributed by atoms with Gasteiger partial charge in [-0.15, -0.1) is 11.3 Å². The standard InChI is InChI=1S/C13H10ClN3S/c14-11-3-4-12(13-10(11)2-1-5-15-13)16-6-9-7-18-8-17-9/h1-5,7-8,16H,6H2. The zero-order valence-corrected chi connectivity index (χ0v) is 11.0. The van der Waals surface area contributed by atoms with Gasteiger partial charge in [0.25, 0.3) is 0 Å². The average Bonchev–Trinajstić information content (AvgIpc) is 2.92. The van der Waals surface area contributed by atoms with Gasteiger partial charge < -0.3 is 5.32 Å². The van der Waals surface area contributed by atoms with E-state index < -0.39 is 0 Å². The second-order valence-electron chi connectivity index (χ2n) is 3.83. The van der Waals surface area contributed by atoms with Gasteiger partial charge in [-0.2, -0.15) is 0 Å². The molecule has 3 aromatic rings. The molecule has 1 N–H and O–H groups in total. The number of aromatic nitrogens is 2. The maximum atomic E-state index is 6.15. The minimum absolute atomic E-state index is 0.691. The molecule has 5 heteroatoms. The van der Waals surface area contributed by atoms with E-state index in [2.05, 4.69) is 15.3 Å². The summed E-state index contributed by atoms with van der Waals surface area (Å²) in [6, 6.07) is 7.69. The molecule has 0 aliphatic heterocycles. The largest absolute Gasteiger partial charge is 0.378 e. The Morgan fingerprint density at radius 1 is 1.22 bits per heavy atom. The van der Waals surface area contributed by atoms with Gasteiger partial charge in [-0.25, -0.2) is 4.98 Å². The summed E-state index contributed by atoms with van der Waals surface area (Å²) in [6.45, 7) is 0.691. The van der Waals surface area contributed by atoms with E-state index in [4.69, 9.17) is 11.6 Å². The van der Waals surface area contributed by atoms with Crippen molar-refractivity contribution in [3.63, 3.8) is 0 Å². The minimum Gasteiger partial charge on any atom is -0.378 e. The molecule has 3 rings (SSSR count). The molecule has 0 aliphatic carbocycles. The van der Waals surface area contributed by atoms with E-state index in [-0.39, 0.29) is 0 Å². The van der Waals surface area contributed by atoms with Gasteiger partial charge in [0.1, 0.15) is 0 Å². The Morgan fingerprint density at radius 2 is 2.17 bits per heavy atom. The number of pyridine rings is 1. The highest BCUT2D eigenvalue weighted by atomic mass is 35.5. The summed E-state index contributed by atoms with van der Waals surface area (Å²) in [5.41, 5.74) is 4.72. The molecule has 2 aromatic heterocycles. The van der Waals surface area contributed by atoms with Crippen LogP contribution in [0.1, 0.15) is 5.69 Å². The third-order valence-corrected chi connectivity index (χ3v) is 3.62. The van der Waals surface area contributed by atoms with Crippen molar-refractivity contribution in [2.75, 3.05) is 5.32 Å². The van der Waals surface area contributed by atoms with Crippen molar-refractivity contribution >= 4 is 39.5 Å². The molecule has 0 radical (unpaired) electrons. The van der Waals surface area contributed by atoms with E-state index in [1.807, 2.05) is 35.2 Å². The van der Waals surface area contributed by atoms with Gasteiger partial charge in [-0.1, -0.05) is 11.6 Å². The second-order valence-corrected chi connectivity index (χ2v) is 4.95. The molecule has 0 atom stereocenters. The summed E-state index contributed by atoms with van der Waals surface area (Å²) in [5, 5.41) is 7.05. The molecule has 0 saturated carbocycles. The van der Waals surface area contributed by atoms with Crippen LogP contribution in [0.5, 0.6) is 0 Å². The first-order chi connectivity index (χ1) is 8.84. The summed E-state index contributed by atoms with van der Waals surface area (Å²) in [7, 11) is 0. The fourth-order valence-electron chi connectivity index (χ4n) is 1.79. The summed E-state index contributed by atoms with van der Waals surface area (Å²) >= 11 is 7.74. The lowest BCUT2D eigenvalue weighted by Crippen LogP contribution is -2.00. The molecule has 0 bridgehead atoms. The summed E-state index contributed by atoms with van der Waals surface area (Å²) in [5.74, 6) is 0. The lowest BCUT2D eigenvalue weighted by molar-refractivity contribution is 1.08. The Balaban J connectivity index is 1.94. The van der Waals surface area contributed by atoms with Crippen molar-refractivity contribution < 1.29 is 0 Å². The number of halogens is 1. The highest BCUT2D eigenvalue weighted by Crippen LogP contribution is 2.28. The highest BCUT2D eigenvalue weighted by Gasteiger charge is 2.05. The highest BCUT2D eigenvalue weighted by molar-refractivity contribution is 7.07. The van der Waals surface area contributed by atoms with Crippen molar-refractivity contribution in [1.29, 1.82) is 0 Å². The van der Waals surface area contributed by atoms with Crippen molar-refractivity contribution in [2.45, 2.75) is 6.54 Å². The smallest absolute Gasteiger partial charge is 0.0948 e. The van der Waals surface area contributed by atoms with Gasteiger partial charge in [-0.05, 0) is 24.3 Å². The van der Waals surface area contributed by atoms with Crippen molar-refractivity contribution in [1.82, 2.24) is 9.97 Å². The Morgan fingerprint density at radius 3 is 3.00 bits per heavy atom. The molecular formula is C13H10ClN3S.